The second-order valence-corrected chi connectivity index (χ2v) is 7.78. The maximum absolute atomic E-state index is 12.5. The average molecular weight is 353 g/mol. The molecule has 1 heterocycles. The number of amides is 3. The molecule has 1 saturated heterocycles. The highest BCUT2D eigenvalue weighted by Crippen LogP contribution is 2.43. The van der Waals surface area contributed by atoms with Crippen LogP contribution in [0.1, 0.15) is 49.8 Å². The predicted octanol–water partition coefficient (Wildman–Crippen LogP) is 4.98. The molecule has 0 unspecified atom stereocenters. The monoisotopic (exact) mass is 352 g/mol. The molecule has 1 aromatic carbocycles. The van der Waals surface area contributed by atoms with Gasteiger partial charge in [0.1, 0.15) is 0 Å². The number of hydrogen-bond acceptors (Lipinski definition) is 3. The number of rotatable bonds is 2. The largest absolute Gasteiger partial charge is 0.335 e. The molecule has 2 fully saturated rings. The van der Waals surface area contributed by atoms with Crippen LogP contribution >= 0.6 is 23.4 Å². The topological polar surface area (TPSA) is 49.4 Å². The van der Waals surface area contributed by atoms with Gasteiger partial charge in [0, 0.05) is 11.1 Å². The van der Waals surface area contributed by atoms with Gasteiger partial charge in [-0.1, -0.05) is 54.8 Å². The maximum Gasteiger partial charge on any atom is 0.325 e. The van der Waals surface area contributed by atoms with Crippen LogP contribution in [0.25, 0.3) is 0 Å². The third kappa shape index (κ3) is 3.66. The second kappa shape index (κ2) is 7.14. The van der Waals surface area contributed by atoms with Gasteiger partial charge in [0.05, 0.1) is 11.3 Å². The highest BCUT2D eigenvalue weighted by molar-refractivity contribution is 8.14. The van der Waals surface area contributed by atoms with Crippen LogP contribution in [0.5, 0.6) is 0 Å². The summed E-state index contributed by atoms with van der Waals surface area (Å²) >= 11 is 7.25. The molecule has 1 saturated carbocycles. The van der Waals surface area contributed by atoms with Crippen molar-refractivity contribution in [2.75, 3.05) is 0 Å². The number of nitrogens with zero attached hydrogens (tertiary/aromatic N) is 1. The summed E-state index contributed by atoms with van der Waals surface area (Å²) in [6, 6.07) is 7.26. The van der Waals surface area contributed by atoms with Gasteiger partial charge in [-0.15, -0.1) is 0 Å². The summed E-state index contributed by atoms with van der Waals surface area (Å²) in [4.78, 5) is 26.2. The summed E-state index contributed by atoms with van der Waals surface area (Å²) in [6.07, 6.45) is 5.54. The van der Waals surface area contributed by atoms with Crippen molar-refractivity contribution in [1.29, 1.82) is 0 Å². The van der Waals surface area contributed by atoms with Crippen LogP contribution in [0.2, 0.25) is 5.02 Å². The molecule has 23 heavy (non-hydrogen) atoms. The molecule has 0 spiro atoms. The number of hydrogen-bond donors (Lipinski definition) is 1. The Bertz CT molecular complexity index is 604. The Morgan fingerprint density at radius 3 is 2.74 bits per heavy atom. The third-order valence-electron chi connectivity index (χ3n) is 4.60. The molecule has 2 aliphatic rings. The van der Waals surface area contributed by atoms with Crippen LogP contribution in [0.15, 0.2) is 24.3 Å². The minimum absolute atomic E-state index is 0.0710. The molecule has 0 aromatic heterocycles. The van der Waals surface area contributed by atoms with Crippen molar-refractivity contribution >= 4 is 34.6 Å². The normalized spacial score (nSPS) is 25.7. The quantitative estimate of drug-likeness (QED) is 0.816. The summed E-state index contributed by atoms with van der Waals surface area (Å²) in [7, 11) is 0. The fourth-order valence-corrected chi connectivity index (χ4v) is 4.73. The van der Waals surface area contributed by atoms with E-state index in [1.54, 1.807) is 0 Å². The number of thioether (sulfide) groups is 1. The van der Waals surface area contributed by atoms with Crippen molar-refractivity contribution in [2.45, 2.75) is 56.4 Å². The van der Waals surface area contributed by atoms with Crippen LogP contribution in [0.4, 0.5) is 9.59 Å². The molecule has 0 bridgehead atoms. The molecule has 0 radical (unpaired) electrons. The Balaban J connectivity index is 1.70. The number of carbonyl (C=O) groups is 2. The van der Waals surface area contributed by atoms with E-state index < -0.39 is 0 Å². The number of urea groups is 1. The summed E-state index contributed by atoms with van der Waals surface area (Å²) in [5, 5.41) is 3.42. The molecule has 3 amide bonds. The fraction of sp³-hybridized carbons (Fsp3) is 0.529. The maximum atomic E-state index is 12.5. The van der Waals surface area contributed by atoms with E-state index in [0.717, 1.165) is 31.2 Å². The number of benzene rings is 1. The minimum Gasteiger partial charge on any atom is -0.335 e. The molecule has 1 aliphatic heterocycles. The molecule has 4 nitrogen and oxygen atoms in total. The van der Waals surface area contributed by atoms with Gasteiger partial charge in [-0.3, -0.25) is 9.69 Å². The van der Waals surface area contributed by atoms with E-state index in [-0.39, 0.29) is 28.6 Å². The average Bonchev–Trinajstić information content (AvgIpc) is 2.83. The zero-order valence-electron chi connectivity index (χ0n) is 13.1. The lowest BCUT2D eigenvalue weighted by Gasteiger charge is -2.27. The SMILES string of the molecule is C[C@H]1[C@H](c2cccc(Cl)c2)SC(=O)N1C(=O)NC1CCCCC1. The van der Waals surface area contributed by atoms with Gasteiger partial charge in [-0.25, -0.2) is 4.79 Å². The smallest absolute Gasteiger partial charge is 0.325 e. The van der Waals surface area contributed by atoms with Gasteiger partial charge in [0.15, 0.2) is 0 Å². The zero-order valence-corrected chi connectivity index (χ0v) is 14.7. The minimum atomic E-state index is -0.258. The van der Waals surface area contributed by atoms with Gasteiger partial charge in [0.2, 0.25) is 0 Å². The molecule has 6 heteroatoms. The zero-order chi connectivity index (χ0) is 16.4. The van der Waals surface area contributed by atoms with E-state index in [1.807, 2.05) is 31.2 Å². The lowest BCUT2D eigenvalue weighted by molar-refractivity contribution is 0.184. The highest BCUT2D eigenvalue weighted by atomic mass is 35.5. The van der Waals surface area contributed by atoms with Gasteiger partial charge >= 0.3 is 6.03 Å². The molecule has 1 N–H and O–H groups in total. The van der Waals surface area contributed by atoms with Gasteiger partial charge in [0.25, 0.3) is 5.24 Å². The number of nitrogens with one attached hydrogen (secondary N) is 1. The first-order valence-corrected chi connectivity index (χ1v) is 9.38. The third-order valence-corrected chi connectivity index (χ3v) is 6.15. The summed E-state index contributed by atoms with van der Waals surface area (Å²) in [6.45, 7) is 1.92. The lowest BCUT2D eigenvalue weighted by Crippen LogP contribution is -2.48. The van der Waals surface area contributed by atoms with Crippen molar-refractivity contribution in [3.63, 3.8) is 0 Å². The van der Waals surface area contributed by atoms with E-state index in [0.29, 0.717) is 5.02 Å². The molecule has 124 valence electrons. The summed E-state index contributed by atoms with van der Waals surface area (Å²) in [5.74, 6) is 0. The fourth-order valence-electron chi connectivity index (χ4n) is 3.35. The molecule has 3 rings (SSSR count). The van der Waals surface area contributed by atoms with Crippen LogP contribution in [-0.2, 0) is 0 Å². The van der Waals surface area contributed by atoms with E-state index in [9.17, 15) is 9.59 Å². The number of halogens is 1. The van der Waals surface area contributed by atoms with Crippen molar-refractivity contribution in [1.82, 2.24) is 10.2 Å². The molecular weight excluding hydrogens is 332 g/mol. The number of carbonyl (C=O) groups excluding carboxylic acids is 2. The van der Waals surface area contributed by atoms with Gasteiger partial charge in [-0.05, 0) is 37.5 Å². The van der Waals surface area contributed by atoms with E-state index in [4.69, 9.17) is 11.6 Å². The summed E-state index contributed by atoms with van der Waals surface area (Å²) < 4.78 is 0. The Morgan fingerprint density at radius 1 is 1.30 bits per heavy atom. The second-order valence-electron chi connectivity index (χ2n) is 6.25. The van der Waals surface area contributed by atoms with Crippen molar-refractivity contribution < 1.29 is 9.59 Å². The standard InChI is InChI=1S/C17H21ClN2O2S/c1-11-15(12-6-5-7-13(18)10-12)23-17(22)20(11)16(21)19-14-8-3-2-4-9-14/h5-7,10-11,14-15H,2-4,8-9H2,1H3,(H,19,21)/t11-,15+/m0/s1. The Labute approximate surface area is 145 Å². The summed E-state index contributed by atoms with van der Waals surface area (Å²) in [5.41, 5.74) is 0.983. The Kier molecular flexibility index (Phi) is 5.17. The van der Waals surface area contributed by atoms with E-state index in [1.165, 1.54) is 23.1 Å². The van der Waals surface area contributed by atoms with Crippen LogP contribution in [0.3, 0.4) is 0 Å². The molecule has 2 atom stereocenters. The van der Waals surface area contributed by atoms with Gasteiger partial charge in [-0.2, -0.15) is 0 Å². The van der Waals surface area contributed by atoms with Crippen LogP contribution in [0, 0.1) is 0 Å². The highest BCUT2D eigenvalue weighted by Gasteiger charge is 2.42. The first-order chi connectivity index (χ1) is 11.1. The molecule has 1 aliphatic carbocycles. The van der Waals surface area contributed by atoms with Crippen LogP contribution < -0.4 is 5.32 Å². The van der Waals surface area contributed by atoms with Crippen molar-refractivity contribution in [3.05, 3.63) is 34.9 Å². The van der Waals surface area contributed by atoms with Crippen LogP contribution in [-0.4, -0.2) is 28.3 Å². The van der Waals surface area contributed by atoms with E-state index >= 15 is 0 Å². The van der Waals surface area contributed by atoms with Crippen molar-refractivity contribution in [3.8, 4) is 0 Å². The van der Waals surface area contributed by atoms with E-state index in [2.05, 4.69) is 5.32 Å². The molecule has 1 aromatic rings. The Hall–Kier alpha value is -1.20. The van der Waals surface area contributed by atoms with Crippen molar-refractivity contribution in [2.24, 2.45) is 0 Å². The lowest BCUT2D eigenvalue weighted by atomic mass is 9.96. The molecular formula is C17H21ClN2O2S. The van der Waals surface area contributed by atoms with Gasteiger partial charge < -0.3 is 5.32 Å². The Morgan fingerprint density at radius 2 is 2.04 bits per heavy atom. The predicted molar refractivity (Wildman–Crippen MR) is 93.9 cm³/mol. The first-order valence-electron chi connectivity index (χ1n) is 8.12. The first kappa shape index (κ1) is 16.7. The number of imide groups is 1.